The third kappa shape index (κ3) is 4.68. The first-order valence-electron chi connectivity index (χ1n) is 7.71. The molecule has 142 valence electrons. The highest BCUT2D eigenvalue weighted by atomic mass is 35.5. The Kier molecular flexibility index (Phi) is 7.33. The normalized spacial score (nSPS) is 20.3. The number of ether oxygens (including phenoxy) is 1. The summed E-state index contributed by atoms with van der Waals surface area (Å²) in [6, 6.07) is 2.78. The second-order valence-electron chi connectivity index (χ2n) is 6.18. The number of benzene rings is 1. The Morgan fingerprint density at radius 3 is 2.60 bits per heavy atom. The van der Waals surface area contributed by atoms with Crippen molar-refractivity contribution in [3.8, 4) is 0 Å². The van der Waals surface area contributed by atoms with Crippen LogP contribution in [0.5, 0.6) is 0 Å². The second kappa shape index (κ2) is 8.41. The third-order valence-electron chi connectivity index (χ3n) is 4.47. The number of nitrogens with one attached hydrogen (secondary N) is 2. The van der Waals surface area contributed by atoms with Gasteiger partial charge in [-0.1, -0.05) is 6.07 Å². The Hall–Kier alpha value is -1.26. The zero-order valence-corrected chi connectivity index (χ0v) is 16.1. The van der Waals surface area contributed by atoms with Crippen LogP contribution in [0.4, 0.5) is 5.69 Å². The van der Waals surface area contributed by atoms with Crippen molar-refractivity contribution in [1.29, 1.82) is 0 Å². The van der Waals surface area contributed by atoms with Crippen molar-refractivity contribution in [2.75, 3.05) is 26.8 Å². The molecule has 0 radical (unpaired) electrons. The van der Waals surface area contributed by atoms with Gasteiger partial charge < -0.3 is 10.1 Å². The molecule has 10 heteroatoms. The summed E-state index contributed by atoms with van der Waals surface area (Å²) in [5.41, 5.74) is 0.183. The lowest BCUT2D eigenvalue weighted by molar-refractivity contribution is -0.387. The third-order valence-corrected chi connectivity index (χ3v) is 6.05. The van der Waals surface area contributed by atoms with Gasteiger partial charge >= 0.3 is 0 Å². The van der Waals surface area contributed by atoms with E-state index in [4.69, 9.17) is 4.74 Å². The lowest BCUT2D eigenvalue weighted by Gasteiger charge is -2.29. The highest BCUT2D eigenvalue weighted by molar-refractivity contribution is 7.89. The summed E-state index contributed by atoms with van der Waals surface area (Å²) in [6.07, 6.45) is 1.70. The molecule has 1 aliphatic heterocycles. The van der Waals surface area contributed by atoms with Gasteiger partial charge in [-0.05, 0) is 44.4 Å². The maximum atomic E-state index is 12.7. The van der Waals surface area contributed by atoms with E-state index in [1.54, 1.807) is 27.0 Å². The minimum absolute atomic E-state index is 0. The van der Waals surface area contributed by atoms with Crippen molar-refractivity contribution in [3.63, 3.8) is 0 Å². The zero-order valence-electron chi connectivity index (χ0n) is 14.5. The molecule has 1 aromatic rings. The maximum absolute atomic E-state index is 12.7. The standard InChI is InChI=1S/C15H23N3O5S.ClH/c1-11-5-6-13(18(19)20)14(12(11)2)24(21,22)17-9-15(10-23-3)7-4-8-16-15;/h5-6,16-17H,4,7-10H2,1-3H3;1H. The number of aryl methyl sites for hydroxylation is 1. The fourth-order valence-electron chi connectivity index (χ4n) is 3.03. The predicted octanol–water partition coefficient (Wildman–Crippen LogP) is 1.68. The quantitative estimate of drug-likeness (QED) is 0.538. The van der Waals surface area contributed by atoms with Crippen LogP contribution in [0.3, 0.4) is 0 Å². The molecule has 0 amide bonds. The van der Waals surface area contributed by atoms with E-state index in [0.29, 0.717) is 17.7 Å². The Labute approximate surface area is 153 Å². The van der Waals surface area contributed by atoms with Crippen molar-refractivity contribution < 1.29 is 18.1 Å². The van der Waals surface area contributed by atoms with Gasteiger partial charge in [0.2, 0.25) is 10.0 Å². The second-order valence-corrected chi connectivity index (χ2v) is 7.88. The Morgan fingerprint density at radius 2 is 2.08 bits per heavy atom. The Bertz CT molecular complexity index is 733. The molecule has 2 N–H and O–H groups in total. The lowest BCUT2D eigenvalue weighted by Crippen LogP contribution is -2.53. The van der Waals surface area contributed by atoms with Gasteiger partial charge in [0.1, 0.15) is 0 Å². The molecule has 0 aliphatic carbocycles. The highest BCUT2D eigenvalue weighted by Crippen LogP contribution is 2.29. The number of hydrogen-bond donors (Lipinski definition) is 2. The molecule has 25 heavy (non-hydrogen) atoms. The van der Waals surface area contributed by atoms with Crippen LogP contribution in [-0.4, -0.2) is 45.7 Å². The molecule has 0 aromatic heterocycles. The van der Waals surface area contributed by atoms with Crippen molar-refractivity contribution in [1.82, 2.24) is 10.0 Å². The van der Waals surface area contributed by atoms with Crippen LogP contribution in [0.15, 0.2) is 17.0 Å². The summed E-state index contributed by atoms with van der Waals surface area (Å²) in [7, 11) is -2.46. The first-order chi connectivity index (χ1) is 11.2. The van der Waals surface area contributed by atoms with E-state index in [1.165, 1.54) is 6.07 Å². The average molecular weight is 394 g/mol. The molecule has 1 aliphatic rings. The van der Waals surface area contributed by atoms with Crippen LogP contribution in [0.1, 0.15) is 24.0 Å². The molecule has 8 nitrogen and oxygen atoms in total. The van der Waals surface area contributed by atoms with Gasteiger partial charge in [0.15, 0.2) is 4.90 Å². The van der Waals surface area contributed by atoms with Crippen molar-refractivity contribution >= 4 is 28.1 Å². The van der Waals surface area contributed by atoms with E-state index in [9.17, 15) is 18.5 Å². The van der Waals surface area contributed by atoms with E-state index < -0.39 is 26.2 Å². The van der Waals surface area contributed by atoms with Crippen LogP contribution in [0, 0.1) is 24.0 Å². The number of rotatable bonds is 7. The molecule has 0 saturated carbocycles. The van der Waals surface area contributed by atoms with Crippen LogP contribution >= 0.6 is 12.4 Å². The van der Waals surface area contributed by atoms with Gasteiger partial charge in [-0.25, -0.2) is 13.1 Å². The lowest BCUT2D eigenvalue weighted by atomic mass is 9.99. The molecule has 0 bridgehead atoms. The zero-order chi connectivity index (χ0) is 18.0. The SMILES string of the molecule is COCC1(CNS(=O)(=O)c2c([N+](=O)[O-])ccc(C)c2C)CCCN1.Cl. The van der Waals surface area contributed by atoms with Gasteiger partial charge in [-0.2, -0.15) is 0 Å². The minimum atomic E-state index is -4.02. The summed E-state index contributed by atoms with van der Waals surface area (Å²) in [6.45, 7) is 4.57. The first kappa shape index (κ1) is 21.8. The molecule has 0 spiro atoms. The fourth-order valence-corrected chi connectivity index (χ4v) is 4.63. The average Bonchev–Trinajstić information content (AvgIpc) is 2.97. The molecule has 2 rings (SSSR count). The highest BCUT2D eigenvalue weighted by Gasteiger charge is 2.36. The topological polar surface area (TPSA) is 111 Å². The van der Waals surface area contributed by atoms with Gasteiger partial charge in [0.05, 0.1) is 17.1 Å². The van der Waals surface area contributed by atoms with E-state index in [-0.39, 0.29) is 23.8 Å². The molecule has 1 fully saturated rings. The molecule has 1 unspecified atom stereocenters. The van der Waals surface area contributed by atoms with Crippen LogP contribution in [0.25, 0.3) is 0 Å². The minimum Gasteiger partial charge on any atom is -0.383 e. The van der Waals surface area contributed by atoms with Crippen molar-refractivity contribution in [2.24, 2.45) is 0 Å². The fraction of sp³-hybridized carbons (Fsp3) is 0.600. The summed E-state index contributed by atoms with van der Waals surface area (Å²) in [5, 5.41) is 14.5. The first-order valence-corrected chi connectivity index (χ1v) is 9.19. The van der Waals surface area contributed by atoms with Gasteiger partial charge in [0, 0.05) is 19.7 Å². The summed E-state index contributed by atoms with van der Waals surface area (Å²) < 4.78 is 33.2. The number of nitro benzene ring substituents is 1. The molecule has 1 aromatic carbocycles. The Balaban J connectivity index is 0.00000312. The van der Waals surface area contributed by atoms with E-state index in [2.05, 4.69) is 10.0 Å². The molecular formula is C15H24ClN3O5S. The summed E-state index contributed by atoms with van der Waals surface area (Å²) in [4.78, 5) is 10.3. The summed E-state index contributed by atoms with van der Waals surface area (Å²) in [5.74, 6) is 0. The van der Waals surface area contributed by atoms with Crippen molar-refractivity contribution in [3.05, 3.63) is 33.4 Å². The van der Waals surface area contributed by atoms with Gasteiger partial charge in [-0.3, -0.25) is 10.1 Å². The molecule has 1 saturated heterocycles. The van der Waals surface area contributed by atoms with E-state index in [1.807, 2.05) is 0 Å². The van der Waals surface area contributed by atoms with E-state index >= 15 is 0 Å². The number of halogens is 1. The predicted molar refractivity (Wildman–Crippen MR) is 96.9 cm³/mol. The molecule has 1 atom stereocenters. The number of methoxy groups -OCH3 is 1. The Morgan fingerprint density at radius 1 is 1.40 bits per heavy atom. The van der Waals surface area contributed by atoms with Crippen LogP contribution in [-0.2, 0) is 14.8 Å². The number of sulfonamides is 1. The van der Waals surface area contributed by atoms with Crippen LogP contribution in [0.2, 0.25) is 0 Å². The van der Waals surface area contributed by atoms with E-state index in [0.717, 1.165) is 19.4 Å². The van der Waals surface area contributed by atoms with Crippen LogP contribution < -0.4 is 10.0 Å². The molecular weight excluding hydrogens is 370 g/mol. The van der Waals surface area contributed by atoms with Crippen molar-refractivity contribution in [2.45, 2.75) is 37.1 Å². The number of hydrogen-bond acceptors (Lipinski definition) is 6. The van der Waals surface area contributed by atoms with Gasteiger partial charge in [0.25, 0.3) is 5.69 Å². The largest absolute Gasteiger partial charge is 0.383 e. The summed E-state index contributed by atoms with van der Waals surface area (Å²) >= 11 is 0. The molecule has 1 heterocycles. The maximum Gasteiger partial charge on any atom is 0.289 e. The monoisotopic (exact) mass is 393 g/mol. The number of nitrogens with zero attached hydrogens (tertiary/aromatic N) is 1. The number of nitro groups is 1. The smallest absolute Gasteiger partial charge is 0.289 e. The van der Waals surface area contributed by atoms with Gasteiger partial charge in [-0.15, -0.1) is 12.4 Å².